The topological polar surface area (TPSA) is 89.5 Å². The average Bonchev–Trinajstić information content (AvgIpc) is 3.01. The second kappa shape index (κ2) is 15.1. The van der Waals surface area contributed by atoms with Gasteiger partial charge in [0.1, 0.15) is 5.75 Å². The van der Waals surface area contributed by atoms with E-state index in [2.05, 4.69) is 41.7 Å². The Bertz CT molecular complexity index is 1600. The fourth-order valence-corrected chi connectivity index (χ4v) is 5.04. The molecule has 5 rings (SSSR count). The van der Waals surface area contributed by atoms with Crippen molar-refractivity contribution >= 4 is 56.1 Å². The molecule has 0 radical (unpaired) electrons. The molecule has 0 atom stereocenters. The fourth-order valence-electron chi connectivity index (χ4n) is 4.47. The van der Waals surface area contributed by atoms with E-state index in [0.29, 0.717) is 45.4 Å². The van der Waals surface area contributed by atoms with Crippen LogP contribution in [-0.4, -0.2) is 67.8 Å². The number of pyridine rings is 1. The third-order valence-corrected chi connectivity index (χ3v) is 7.29. The largest absolute Gasteiger partial charge is 0.493 e. The van der Waals surface area contributed by atoms with E-state index in [1.165, 1.54) is 12.3 Å². The van der Waals surface area contributed by atoms with Crippen molar-refractivity contribution < 1.29 is 23.3 Å². The Morgan fingerprint density at radius 3 is 2.74 bits per heavy atom. The maximum absolute atomic E-state index is 15.0. The van der Waals surface area contributed by atoms with Gasteiger partial charge in [0.05, 0.1) is 38.7 Å². The fraction of sp³-hybridized carbons (Fsp3) is 0.258. The van der Waals surface area contributed by atoms with Gasteiger partial charge in [-0.2, -0.15) is 5.10 Å². The molecule has 224 valence electrons. The molecule has 1 aromatic heterocycles. The van der Waals surface area contributed by atoms with Gasteiger partial charge in [-0.25, -0.2) is 4.39 Å². The molecule has 43 heavy (non-hydrogen) atoms. The number of ether oxygens (including phenoxy) is 4. The van der Waals surface area contributed by atoms with Crippen LogP contribution in [0, 0.1) is 5.82 Å². The Morgan fingerprint density at radius 2 is 1.95 bits per heavy atom. The molecule has 0 bridgehead atoms. The minimum absolute atomic E-state index is 0.0619. The van der Waals surface area contributed by atoms with E-state index in [1.54, 1.807) is 37.6 Å². The van der Waals surface area contributed by atoms with Gasteiger partial charge in [0.15, 0.2) is 28.2 Å². The number of rotatable bonds is 11. The van der Waals surface area contributed by atoms with Gasteiger partial charge in [0.2, 0.25) is 0 Å². The minimum atomic E-state index is -0.545. The lowest BCUT2D eigenvalue weighted by molar-refractivity contribution is 0.0357. The van der Waals surface area contributed by atoms with Gasteiger partial charge in [-0.3, -0.25) is 15.3 Å². The third kappa shape index (κ3) is 8.60. The molecule has 4 aromatic rings. The average molecular weight is 669 g/mol. The summed E-state index contributed by atoms with van der Waals surface area (Å²) in [6.45, 7) is 4.92. The van der Waals surface area contributed by atoms with E-state index in [-0.39, 0.29) is 5.75 Å². The summed E-state index contributed by atoms with van der Waals surface area (Å²) in [5.41, 5.74) is 4.70. The number of anilines is 1. The number of morpholine rings is 1. The van der Waals surface area contributed by atoms with Gasteiger partial charge in [-0.05, 0) is 72.7 Å². The smallest absolute Gasteiger partial charge is 0.191 e. The Morgan fingerprint density at radius 1 is 1.09 bits per heavy atom. The number of hydrogen-bond donors (Lipinski definition) is 2. The van der Waals surface area contributed by atoms with Crippen LogP contribution in [0.5, 0.6) is 23.0 Å². The van der Waals surface area contributed by atoms with Crippen LogP contribution in [-0.2, 0) is 4.74 Å². The summed E-state index contributed by atoms with van der Waals surface area (Å²) in [5, 5.41) is 8.09. The number of hydrazone groups is 1. The Balaban J connectivity index is 1.21. The Labute approximate surface area is 263 Å². The van der Waals surface area contributed by atoms with E-state index >= 15 is 4.39 Å². The number of aromatic nitrogens is 1. The van der Waals surface area contributed by atoms with Gasteiger partial charge in [0.25, 0.3) is 0 Å². The van der Waals surface area contributed by atoms with E-state index in [9.17, 15) is 0 Å². The van der Waals surface area contributed by atoms with Crippen molar-refractivity contribution in [3.63, 3.8) is 0 Å². The van der Waals surface area contributed by atoms with Crippen LogP contribution in [0.1, 0.15) is 12.0 Å². The van der Waals surface area contributed by atoms with Gasteiger partial charge in [-0.1, -0.05) is 22.0 Å². The summed E-state index contributed by atoms with van der Waals surface area (Å²) < 4.78 is 39.0. The summed E-state index contributed by atoms with van der Waals surface area (Å²) in [5.74, 6) is 1.09. The standard InChI is InChI=1S/C31H31BrFN5O4S/c1-39-29-18-24-26(19-30(29)41-13-3-10-38-11-14-40-15-12-38)34-9-8-27(24)42-28-7-6-21(16-25(28)33)20-35-37-31(43)36-23-5-2-4-22(32)17-23/h2,4-9,16-20H,3,10-15H2,1H3,(H2,36,37,43)/b35-20+. The highest BCUT2D eigenvalue weighted by Crippen LogP contribution is 2.37. The van der Waals surface area contributed by atoms with Crippen LogP contribution < -0.4 is 25.0 Å². The molecule has 1 aliphatic rings. The maximum atomic E-state index is 15.0. The second-order valence-electron chi connectivity index (χ2n) is 9.61. The number of fused-ring (bicyclic) bond motifs is 1. The van der Waals surface area contributed by atoms with Crippen molar-refractivity contribution in [1.29, 1.82) is 0 Å². The molecule has 3 aromatic carbocycles. The summed E-state index contributed by atoms with van der Waals surface area (Å²) in [6, 6.07) is 17.4. The first-order valence-electron chi connectivity index (χ1n) is 13.7. The molecule has 0 saturated carbocycles. The number of nitrogens with one attached hydrogen (secondary N) is 2. The van der Waals surface area contributed by atoms with Crippen molar-refractivity contribution in [2.45, 2.75) is 6.42 Å². The zero-order valence-electron chi connectivity index (χ0n) is 23.5. The normalized spacial score (nSPS) is 13.7. The van der Waals surface area contributed by atoms with Crippen molar-refractivity contribution in [3.05, 3.63) is 82.7 Å². The highest BCUT2D eigenvalue weighted by atomic mass is 79.9. The number of hydrogen-bond acceptors (Lipinski definition) is 8. The second-order valence-corrected chi connectivity index (χ2v) is 10.9. The molecule has 1 aliphatic heterocycles. The third-order valence-electron chi connectivity index (χ3n) is 6.60. The first-order chi connectivity index (χ1) is 21.0. The lowest BCUT2D eigenvalue weighted by Crippen LogP contribution is -2.37. The van der Waals surface area contributed by atoms with Gasteiger partial charge < -0.3 is 24.3 Å². The van der Waals surface area contributed by atoms with Crippen LogP contribution in [0.4, 0.5) is 10.1 Å². The first-order valence-corrected chi connectivity index (χ1v) is 14.9. The highest BCUT2D eigenvalue weighted by molar-refractivity contribution is 9.10. The van der Waals surface area contributed by atoms with Crippen LogP contribution in [0.2, 0.25) is 0 Å². The zero-order chi connectivity index (χ0) is 30.0. The number of thiocarbonyl (C=S) groups is 1. The lowest BCUT2D eigenvalue weighted by atomic mass is 10.1. The Hall–Kier alpha value is -3.84. The predicted octanol–water partition coefficient (Wildman–Crippen LogP) is 6.36. The number of benzene rings is 3. The molecule has 9 nitrogen and oxygen atoms in total. The first kappa shape index (κ1) is 30.6. The van der Waals surface area contributed by atoms with Crippen LogP contribution in [0.15, 0.2) is 76.4 Å². The monoisotopic (exact) mass is 667 g/mol. The van der Waals surface area contributed by atoms with Crippen molar-refractivity contribution in [2.75, 3.05) is 51.9 Å². The van der Waals surface area contributed by atoms with Crippen molar-refractivity contribution in [2.24, 2.45) is 5.10 Å². The summed E-state index contributed by atoms with van der Waals surface area (Å²) in [7, 11) is 1.58. The zero-order valence-corrected chi connectivity index (χ0v) is 25.9. The molecular weight excluding hydrogens is 637 g/mol. The minimum Gasteiger partial charge on any atom is -0.493 e. The highest BCUT2D eigenvalue weighted by Gasteiger charge is 2.15. The van der Waals surface area contributed by atoms with Crippen LogP contribution in [0.3, 0.4) is 0 Å². The molecular formula is C31H31BrFN5O4S. The molecule has 2 N–H and O–H groups in total. The van der Waals surface area contributed by atoms with Crippen LogP contribution in [0.25, 0.3) is 10.9 Å². The van der Waals surface area contributed by atoms with Crippen LogP contribution >= 0.6 is 28.1 Å². The quantitative estimate of drug-likeness (QED) is 0.0821. The van der Waals surface area contributed by atoms with E-state index in [4.69, 9.17) is 31.2 Å². The molecule has 0 unspecified atom stereocenters. The van der Waals surface area contributed by atoms with Gasteiger partial charge in [-0.15, -0.1) is 0 Å². The molecule has 1 fully saturated rings. The molecule has 1 saturated heterocycles. The number of methoxy groups -OCH3 is 1. The maximum Gasteiger partial charge on any atom is 0.191 e. The Kier molecular flexibility index (Phi) is 10.7. The van der Waals surface area contributed by atoms with Crippen molar-refractivity contribution in [1.82, 2.24) is 15.3 Å². The molecule has 0 amide bonds. The number of halogens is 2. The van der Waals surface area contributed by atoms with E-state index < -0.39 is 5.82 Å². The summed E-state index contributed by atoms with van der Waals surface area (Å²) >= 11 is 8.67. The van der Waals surface area contributed by atoms with Crippen molar-refractivity contribution in [3.8, 4) is 23.0 Å². The van der Waals surface area contributed by atoms with E-state index in [0.717, 1.165) is 49.4 Å². The number of nitrogens with zero attached hydrogens (tertiary/aromatic N) is 3. The molecule has 0 spiro atoms. The molecule has 0 aliphatic carbocycles. The van der Waals surface area contributed by atoms with Gasteiger partial charge in [0, 0.05) is 47.4 Å². The SMILES string of the molecule is COc1cc2c(Oc3ccc(/C=N/NC(=S)Nc4cccc(Br)c4)cc3F)ccnc2cc1OCCCN1CCOCC1. The summed E-state index contributed by atoms with van der Waals surface area (Å²) in [6.07, 6.45) is 3.96. The van der Waals surface area contributed by atoms with Gasteiger partial charge >= 0.3 is 0 Å². The predicted molar refractivity (Wildman–Crippen MR) is 173 cm³/mol. The lowest BCUT2D eigenvalue weighted by Gasteiger charge is -2.26. The molecule has 12 heteroatoms. The van der Waals surface area contributed by atoms with E-state index in [1.807, 2.05) is 30.3 Å². The summed E-state index contributed by atoms with van der Waals surface area (Å²) in [4.78, 5) is 6.83. The molecule has 2 heterocycles.